The smallest absolute Gasteiger partial charge is 0.410 e. The van der Waals surface area contributed by atoms with Crippen molar-refractivity contribution in [1.29, 1.82) is 0 Å². The molecular formula is C87H102Cl3N15O9. The van der Waals surface area contributed by atoms with E-state index in [1.54, 1.807) is 91.6 Å². The second-order valence-electron chi connectivity index (χ2n) is 33.4. The Kier molecular flexibility index (Phi) is 23.6. The molecule has 3 N–H and O–H groups in total. The summed E-state index contributed by atoms with van der Waals surface area (Å²) < 4.78 is 22.3. The maximum atomic E-state index is 12.7. The summed E-state index contributed by atoms with van der Waals surface area (Å²) in [6.07, 6.45) is 20.7. The van der Waals surface area contributed by atoms with E-state index in [0.29, 0.717) is 111 Å². The van der Waals surface area contributed by atoms with Crippen molar-refractivity contribution >= 4 is 88.0 Å². The Bertz CT molecular complexity index is 4650. The molecule has 24 nitrogen and oxygen atoms in total. The molecule has 9 aromatic rings. The molecule has 6 aliphatic rings. The number of rotatable bonds is 9. The molecule has 0 bridgehead atoms. The van der Waals surface area contributed by atoms with Crippen molar-refractivity contribution in [3.63, 3.8) is 0 Å². The van der Waals surface area contributed by atoms with Gasteiger partial charge in [-0.1, -0.05) is 71.2 Å². The van der Waals surface area contributed by atoms with Crippen LogP contribution in [0.15, 0.2) is 147 Å². The van der Waals surface area contributed by atoms with Crippen molar-refractivity contribution in [1.82, 2.24) is 73.0 Å². The minimum atomic E-state index is -1.35. The largest absolute Gasteiger partial charge is 0.444 e. The number of aryl methyl sites for hydroxylation is 3. The number of fused-ring (bicyclic) bond motifs is 6. The molecule has 3 amide bonds. The molecule has 3 aliphatic carbocycles. The zero-order chi connectivity index (χ0) is 81.7. The van der Waals surface area contributed by atoms with Gasteiger partial charge in [-0.3, -0.25) is 29.7 Å². The highest BCUT2D eigenvalue weighted by Crippen LogP contribution is 2.51. The summed E-state index contributed by atoms with van der Waals surface area (Å²) in [5.41, 5.74) is 9.63. The molecule has 15 rings (SSSR count). The standard InChI is InChI=1S/3C29H34ClN5O3/c3*1-28(2,3)38-27(36)35-13-11-34(12-14-35)26-21-9-8-20(30)16-22(21)23(15-19-7-6-10-32-25(19)26)29(4,37)24-17-31-18-33(24)5/h3*6-10,15-18,26,37H,11-14H2,1-5H3/t3*26-,29?/m000/s1. The van der Waals surface area contributed by atoms with Gasteiger partial charge in [0.05, 0.1) is 89.9 Å². The van der Waals surface area contributed by atoms with E-state index in [1.807, 2.05) is 206 Å². The highest BCUT2D eigenvalue weighted by Gasteiger charge is 2.45. The van der Waals surface area contributed by atoms with Gasteiger partial charge in [0, 0.05) is 133 Å². The number of hydrogen-bond acceptors (Lipinski definition) is 18. The van der Waals surface area contributed by atoms with Crippen LogP contribution in [0.4, 0.5) is 14.4 Å². The quantitative estimate of drug-likeness (QED) is 0.114. The van der Waals surface area contributed by atoms with Gasteiger partial charge in [0.25, 0.3) is 0 Å². The summed E-state index contributed by atoms with van der Waals surface area (Å²) in [6.45, 7) is 29.4. The van der Waals surface area contributed by atoms with Crippen LogP contribution in [0.2, 0.25) is 15.1 Å². The molecule has 27 heteroatoms. The molecule has 9 heterocycles. The molecule has 3 fully saturated rings. The Labute approximate surface area is 681 Å². The number of nitrogens with zero attached hydrogens (tertiary/aromatic N) is 15. The Morgan fingerprint density at radius 2 is 0.623 bits per heavy atom. The van der Waals surface area contributed by atoms with Gasteiger partial charge in [-0.05, 0) is 223 Å². The van der Waals surface area contributed by atoms with Crippen molar-refractivity contribution < 1.29 is 43.9 Å². The van der Waals surface area contributed by atoms with Crippen LogP contribution in [0.25, 0.3) is 34.9 Å². The number of halogens is 3. The fraction of sp³-hybridized carbons (Fsp3) is 0.414. The molecule has 3 unspecified atom stereocenters. The van der Waals surface area contributed by atoms with Gasteiger partial charge >= 0.3 is 18.3 Å². The van der Waals surface area contributed by atoms with Gasteiger partial charge in [-0.15, -0.1) is 0 Å². The number of carbonyl (C=O) groups excluding carboxylic acids is 3. The van der Waals surface area contributed by atoms with E-state index in [1.165, 1.54) is 0 Å². The average Bonchev–Trinajstić information content (AvgIpc) is 1.59. The van der Waals surface area contributed by atoms with Crippen molar-refractivity contribution in [3.8, 4) is 0 Å². The highest BCUT2D eigenvalue weighted by atomic mass is 35.5. The fourth-order valence-corrected chi connectivity index (χ4v) is 16.7. The number of benzene rings is 3. The maximum Gasteiger partial charge on any atom is 0.410 e. The van der Waals surface area contributed by atoms with Gasteiger partial charge < -0.3 is 57.9 Å². The number of hydrogen-bond donors (Lipinski definition) is 3. The van der Waals surface area contributed by atoms with Crippen LogP contribution in [0.1, 0.15) is 185 Å². The van der Waals surface area contributed by atoms with Crippen LogP contribution in [0, 0.1) is 0 Å². The third kappa shape index (κ3) is 17.5. The molecule has 6 aromatic heterocycles. The first kappa shape index (κ1) is 82.4. The van der Waals surface area contributed by atoms with Gasteiger partial charge in [-0.25, -0.2) is 29.3 Å². The van der Waals surface area contributed by atoms with E-state index in [4.69, 9.17) is 64.0 Å². The second kappa shape index (κ2) is 32.6. The summed E-state index contributed by atoms with van der Waals surface area (Å²) in [4.78, 5) is 77.6. The molecular weight excluding hydrogens is 1510 g/mol. The van der Waals surface area contributed by atoms with Gasteiger partial charge in [0.2, 0.25) is 0 Å². The lowest BCUT2D eigenvalue weighted by atomic mass is 9.84. The molecule has 0 saturated carbocycles. The lowest BCUT2D eigenvalue weighted by Gasteiger charge is -2.40. The topological polar surface area (TPSA) is 251 Å². The van der Waals surface area contributed by atoms with Crippen molar-refractivity contribution in [2.24, 2.45) is 21.1 Å². The zero-order valence-corrected chi connectivity index (χ0v) is 69.7. The van der Waals surface area contributed by atoms with Crippen LogP contribution in [0.3, 0.4) is 0 Å². The molecule has 3 aliphatic heterocycles. The van der Waals surface area contributed by atoms with E-state index in [2.05, 4.69) is 29.7 Å². The first-order valence-electron chi connectivity index (χ1n) is 38.5. The van der Waals surface area contributed by atoms with Crippen LogP contribution < -0.4 is 0 Å². The third-order valence-corrected chi connectivity index (χ3v) is 22.3. The highest BCUT2D eigenvalue weighted by molar-refractivity contribution is 6.31. The van der Waals surface area contributed by atoms with E-state index < -0.39 is 33.6 Å². The normalized spacial score (nSPS) is 19.6. The second-order valence-corrected chi connectivity index (χ2v) is 34.7. The molecule has 0 spiro atoms. The minimum Gasteiger partial charge on any atom is -0.444 e. The number of aliphatic hydroxyl groups is 3. The Balaban J connectivity index is 0.000000149. The average molecular weight is 1610 g/mol. The van der Waals surface area contributed by atoms with Crippen LogP contribution in [-0.4, -0.2) is 202 Å². The van der Waals surface area contributed by atoms with Crippen LogP contribution >= 0.6 is 34.8 Å². The molecule has 0 radical (unpaired) electrons. The Morgan fingerprint density at radius 3 is 0.842 bits per heavy atom. The van der Waals surface area contributed by atoms with Crippen LogP contribution in [0.5, 0.6) is 0 Å². The predicted molar refractivity (Wildman–Crippen MR) is 443 cm³/mol. The lowest BCUT2D eigenvalue weighted by Crippen LogP contribution is -2.51. The number of pyridine rings is 3. The molecule has 6 atom stereocenters. The molecule has 600 valence electrons. The van der Waals surface area contributed by atoms with Gasteiger partial charge in [0.1, 0.15) is 33.6 Å². The number of ether oxygens (including phenoxy) is 3. The van der Waals surface area contributed by atoms with Crippen LogP contribution in [-0.2, 0) is 52.2 Å². The van der Waals surface area contributed by atoms with E-state index >= 15 is 0 Å². The Morgan fingerprint density at radius 1 is 0.377 bits per heavy atom. The summed E-state index contributed by atoms with van der Waals surface area (Å²) in [5.74, 6) is 0. The van der Waals surface area contributed by atoms with Crippen molar-refractivity contribution in [3.05, 3.63) is 246 Å². The van der Waals surface area contributed by atoms with Crippen molar-refractivity contribution in [2.45, 2.75) is 135 Å². The maximum absolute atomic E-state index is 12.7. The Hall–Kier alpha value is -9.60. The van der Waals surface area contributed by atoms with Crippen molar-refractivity contribution in [2.75, 3.05) is 78.5 Å². The van der Waals surface area contributed by atoms with E-state index in [-0.39, 0.29) is 36.4 Å². The van der Waals surface area contributed by atoms with E-state index in [0.717, 1.165) is 83.9 Å². The van der Waals surface area contributed by atoms with Gasteiger partial charge in [-0.2, -0.15) is 0 Å². The fourth-order valence-electron chi connectivity index (χ4n) is 16.2. The summed E-state index contributed by atoms with van der Waals surface area (Å²) in [7, 11) is 5.61. The summed E-state index contributed by atoms with van der Waals surface area (Å²) >= 11 is 19.6. The SMILES string of the molecule is Cn1cncc1C(C)(O)C1=Cc2cccnc2[C@@H](N2CCN(C(=O)OC(C)(C)C)CC2)c2ccc(Cl)cc21.Cn1cncc1C(C)(O)C1=Cc2cccnc2[C@@H](N2CCN(C(=O)OC(C)(C)C)CC2)c2ccc(Cl)cc21.Cn1cncc1C(C)(O)C1=Cc2cccnc2[C@@H](N2CCN(C(=O)OC(C)(C)C)CC2)c2ccc(Cl)cc21. The predicted octanol–water partition coefficient (Wildman–Crippen LogP) is 14.6. The van der Waals surface area contributed by atoms with E-state index in [9.17, 15) is 29.7 Å². The lowest BCUT2D eigenvalue weighted by molar-refractivity contribution is 0.0108. The molecule has 3 saturated heterocycles. The third-order valence-electron chi connectivity index (χ3n) is 21.6. The minimum absolute atomic E-state index is 0.185. The van der Waals surface area contributed by atoms with Gasteiger partial charge in [0.15, 0.2) is 0 Å². The first-order chi connectivity index (χ1) is 53.9. The molecule has 3 aromatic carbocycles. The number of imidazole rings is 3. The summed E-state index contributed by atoms with van der Waals surface area (Å²) in [6, 6.07) is 28.7. The number of aromatic nitrogens is 9. The summed E-state index contributed by atoms with van der Waals surface area (Å²) in [5, 5.41) is 37.7. The number of piperazine rings is 3. The zero-order valence-electron chi connectivity index (χ0n) is 67.4. The molecule has 114 heavy (non-hydrogen) atoms. The monoisotopic (exact) mass is 1610 g/mol. The number of carbonyl (C=O) groups is 3. The number of amides is 3. The first-order valence-corrected chi connectivity index (χ1v) is 39.6.